The van der Waals surface area contributed by atoms with Crippen molar-refractivity contribution in [3.8, 4) is 0 Å². The maximum atomic E-state index is 11.5. The summed E-state index contributed by atoms with van der Waals surface area (Å²) < 4.78 is 1.66. The van der Waals surface area contributed by atoms with Gasteiger partial charge in [-0.05, 0) is 13.3 Å². The Kier molecular flexibility index (Phi) is 4.70. The molecule has 1 heterocycles. The zero-order valence-electron chi connectivity index (χ0n) is 10.7. The van der Waals surface area contributed by atoms with Crippen LogP contribution in [-0.4, -0.2) is 32.9 Å². The minimum atomic E-state index is -1.04. The monoisotopic (exact) mass is 254 g/mol. The summed E-state index contributed by atoms with van der Waals surface area (Å²) in [4.78, 5) is 22.2. The van der Waals surface area contributed by atoms with Crippen molar-refractivity contribution in [2.45, 2.75) is 32.9 Å². The number of carboxylic acid groups (broad SMARTS) is 1. The molecule has 0 saturated carbocycles. The molecule has 0 bridgehead atoms. The Morgan fingerprint density at radius 1 is 1.56 bits per heavy atom. The number of aromatic nitrogens is 2. The van der Waals surface area contributed by atoms with Gasteiger partial charge in [-0.3, -0.25) is 4.68 Å². The Labute approximate surface area is 105 Å². The molecule has 1 atom stereocenters. The Hall–Kier alpha value is -2.05. The van der Waals surface area contributed by atoms with E-state index in [0.717, 1.165) is 11.3 Å². The number of hydrogen-bond donors (Lipinski definition) is 3. The average molecular weight is 254 g/mol. The highest BCUT2D eigenvalue weighted by Gasteiger charge is 2.17. The Morgan fingerprint density at radius 3 is 2.67 bits per heavy atom. The molecule has 2 amide bonds. The van der Waals surface area contributed by atoms with Gasteiger partial charge in [0.15, 0.2) is 0 Å². The fraction of sp³-hybridized carbons (Fsp3) is 0.545. The number of amides is 2. The minimum absolute atomic E-state index is 0.321. The highest BCUT2D eigenvalue weighted by atomic mass is 16.4. The van der Waals surface area contributed by atoms with Gasteiger partial charge >= 0.3 is 12.0 Å². The van der Waals surface area contributed by atoms with Crippen molar-refractivity contribution in [2.24, 2.45) is 7.05 Å². The molecule has 1 aromatic rings. The van der Waals surface area contributed by atoms with Crippen LogP contribution in [0.1, 0.15) is 24.6 Å². The topological polar surface area (TPSA) is 96.3 Å². The summed E-state index contributed by atoms with van der Waals surface area (Å²) in [6.07, 6.45) is 2.15. The molecule has 0 aliphatic heterocycles. The SMILES string of the molecule is CC[C@H](NC(=O)NCc1cn(C)nc1C)C(=O)O. The summed E-state index contributed by atoms with van der Waals surface area (Å²) in [6.45, 7) is 3.87. The normalized spacial score (nSPS) is 11.9. The van der Waals surface area contributed by atoms with Crippen molar-refractivity contribution in [2.75, 3.05) is 0 Å². The molecule has 0 saturated heterocycles. The number of nitrogens with zero attached hydrogens (tertiary/aromatic N) is 2. The summed E-state index contributed by atoms with van der Waals surface area (Å²) in [5.74, 6) is -1.04. The van der Waals surface area contributed by atoms with Crippen LogP contribution in [0.2, 0.25) is 0 Å². The van der Waals surface area contributed by atoms with E-state index in [1.165, 1.54) is 0 Å². The molecule has 100 valence electrons. The van der Waals surface area contributed by atoms with Crippen LogP contribution in [0.25, 0.3) is 0 Å². The highest BCUT2D eigenvalue weighted by molar-refractivity contribution is 5.82. The third kappa shape index (κ3) is 3.76. The number of aliphatic carboxylic acids is 1. The standard InChI is InChI=1S/C11H18N4O3/c1-4-9(10(16)17)13-11(18)12-5-8-6-15(3)14-7(8)2/h6,9H,4-5H2,1-3H3,(H,16,17)(H2,12,13,18)/t9-/m0/s1. The van der Waals surface area contributed by atoms with Crippen molar-refractivity contribution >= 4 is 12.0 Å². The number of carboxylic acids is 1. The van der Waals surface area contributed by atoms with Crippen LogP contribution < -0.4 is 10.6 Å². The predicted molar refractivity (Wildman–Crippen MR) is 65.0 cm³/mol. The van der Waals surface area contributed by atoms with Gasteiger partial charge in [0.1, 0.15) is 6.04 Å². The molecule has 0 fully saturated rings. The number of hydrogen-bond acceptors (Lipinski definition) is 3. The highest BCUT2D eigenvalue weighted by Crippen LogP contribution is 2.03. The van der Waals surface area contributed by atoms with E-state index in [0.29, 0.717) is 13.0 Å². The van der Waals surface area contributed by atoms with Crippen molar-refractivity contribution in [1.29, 1.82) is 0 Å². The number of aryl methyl sites for hydroxylation is 2. The third-order valence-corrected chi connectivity index (χ3v) is 2.57. The van der Waals surface area contributed by atoms with Crippen LogP contribution in [0, 0.1) is 6.92 Å². The summed E-state index contributed by atoms with van der Waals surface area (Å²) in [5, 5.41) is 17.9. The minimum Gasteiger partial charge on any atom is -0.480 e. The second kappa shape index (κ2) is 6.04. The first-order chi connectivity index (χ1) is 8.43. The molecule has 0 unspecified atom stereocenters. The molecule has 0 spiro atoms. The zero-order chi connectivity index (χ0) is 13.7. The van der Waals surface area contributed by atoms with E-state index >= 15 is 0 Å². The second-order valence-corrected chi connectivity index (χ2v) is 4.04. The van der Waals surface area contributed by atoms with Crippen molar-refractivity contribution in [1.82, 2.24) is 20.4 Å². The molecule has 3 N–H and O–H groups in total. The molecule has 0 aliphatic rings. The predicted octanol–water partition coefficient (Wildman–Crippen LogP) is 0.391. The maximum absolute atomic E-state index is 11.5. The molecule has 0 aliphatic carbocycles. The Morgan fingerprint density at radius 2 is 2.22 bits per heavy atom. The van der Waals surface area contributed by atoms with E-state index in [2.05, 4.69) is 15.7 Å². The Balaban J connectivity index is 2.46. The van der Waals surface area contributed by atoms with Crippen LogP contribution >= 0.6 is 0 Å². The first-order valence-corrected chi connectivity index (χ1v) is 5.70. The molecule has 1 rings (SSSR count). The lowest BCUT2D eigenvalue weighted by Crippen LogP contribution is -2.45. The van der Waals surface area contributed by atoms with Crippen molar-refractivity contribution < 1.29 is 14.7 Å². The fourth-order valence-electron chi connectivity index (χ4n) is 1.55. The van der Waals surface area contributed by atoms with Gasteiger partial charge in [0.2, 0.25) is 0 Å². The molecule has 0 radical (unpaired) electrons. The molecular weight excluding hydrogens is 236 g/mol. The van der Waals surface area contributed by atoms with Gasteiger partial charge in [-0.25, -0.2) is 9.59 Å². The number of urea groups is 1. The maximum Gasteiger partial charge on any atom is 0.326 e. The second-order valence-electron chi connectivity index (χ2n) is 4.04. The average Bonchev–Trinajstić information content (AvgIpc) is 2.61. The van der Waals surface area contributed by atoms with Gasteiger partial charge in [-0.2, -0.15) is 5.10 Å². The molecule has 7 nitrogen and oxygen atoms in total. The van der Waals surface area contributed by atoms with Gasteiger partial charge in [-0.15, -0.1) is 0 Å². The number of nitrogens with one attached hydrogen (secondary N) is 2. The van der Waals surface area contributed by atoms with Gasteiger partial charge in [0.25, 0.3) is 0 Å². The summed E-state index contributed by atoms with van der Waals surface area (Å²) in [6, 6.07) is -1.35. The molecule has 0 aromatic carbocycles. The van der Waals surface area contributed by atoms with Crippen LogP contribution in [0.3, 0.4) is 0 Å². The van der Waals surface area contributed by atoms with Crippen molar-refractivity contribution in [3.63, 3.8) is 0 Å². The van der Waals surface area contributed by atoms with Crippen LogP contribution in [0.4, 0.5) is 4.79 Å². The summed E-state index contributed by atoms with van der Waals surface area (Å²) >= 11 is 0. The van der Waals surface area contributed by atoms with Gasteiger partial charge < -0.3 is 15.7 Å². The van der Waals surface area contributed by atoms with E-state index in [-0.39, 0.29) is 0 Å². The Bertz CT molecular complexity index is 441. The fourth-order valence-corrected chi connectivity index (χ4v) is 1.55. The van der Waals surface area contributed by atoms with Gasteiger partial charge in [-0.1, -0.05) is 6.92 Å². The number of rotatable bonds is 5. The smallest absolute Gasteiger partial charge is 0.326 e. The summed E-state index contributed by atoms with van der Waals surface area (Å²) in [7, 11) is 1.80. The van der Waals surface area contributed by atoms with E-state index in [9.17, 15) is 9.59 Å². The zero-order valence-corrected chi connectivity index (χ0v) is 10.7. The van der Waals surface area contributed by atoms with Crippen LogP contribution in [-0.2, 0) is 18.4 Å². The third-order valence-electron chi connectivity index (χ3n) is 2.57. The lowest BCUT2D eigenvalue weighted by molar-refractivity contribution is -0.139. The molecule has 7 heteroatoms. The van der Waals surface area contributed by atoms with Crippen molar-refractivity contribution in [3.05, 3.63) is 17.5 Å². The molecule has 1 aromatic heterocycles. The van der Waals surface area contributed by atoms with E-state index in [1.54, 1.807) is 18.7 Å². The van der Waals surface area contributed by atoms with E-state index in [4.69, 9.17) is 5.11 Å². The number of carbonyl (C=O) groups excluding carboxylic acids is 1. The van der Waals surface area contributed by atoms with Gasteiger partial charge in [0, 0.05) is 25.4 Å². The largest absolute Gasteiger partial charge is 0.480 e. The van der Waals surface area contributed by atoms with E-state index in [1.807, 2.05) is 13.1 Å². The quantitative estimate of drug-likeness (QED) is 0.708. The number of carbonyl (C=O) groups is 2. The molecular formula is C11H18N4O3. The van der Waals surface area contributed by atoms with Gasteiger partial charge in [0.05, 0.1) is 5.69 Å². The first-order valence-electron chi connectivity index (χ1n) is 5.70. The summed E-state index contributed by atoms with van der Waals surface area (Å²) in [5.41, 5.74) is 1.74. The van der Waals surface area contributed by atoms with Crippen LogP contribution in [0.5, 0.6) is 0 Å². The molecule has 18 heavy (non-hydrogen) atoms. The first kappa shape index (κ1) is 14.0. The van der Waals surface area contributed by atoms with Crippen LogP contribution in [0.15, 0.2) is 6.20 Å². The lowest BCUT2D eigenvalue weighted by atomic mass is 10.2. The van der Waals surface area contributed by atoms with E-state index < -0.39 is 18.0 Å². The lowest BCUT2D eigenvalue weighted by Gasteiger charge is -2.12.